The predicted molar refractivity (Wildman–Crippen MR) is 89.0 cm³/mol. The zero-order valence-electron chi connectivity index (χ0n) is 14.3. The van der Waals surface area contributed by atoms with Gasteiger partial charge < -0.3 is 10.1 Å². The molecule has 2 atom stereocenters. The van der Waals surface area contributed by atoms with Crippen LogP contribution in [0.25, 0.3) is 0 Å². The highest BCUT2D eigenvalue weighted by Crippen LogP contribution is 2.23. The maximum atomic E-state index is 12.2. The van der Waals surface area contributed by atoms with E-state index in [4.69, 9.17) is 0 Å². The molecule has 6 heteroatoms. The fraction of sp³-hybridized carbons (Fsp3) is 0.611. The molecule has 0 spiro atoms. The first-order chi connectivity index (χ1) is 11.4. The monoisotopic (exact) mass is 340 g/mol. The third kappa shape index (κ3) is 6.07. The fourth-order valence-corrected chi connectivity index (χ4v) is 3.17. The summed E-state index contributed by atoms with van der Waals surface area (Å²) in [7, 11) is 1.87. The second-order valence-electron chi connectivity index (χ2n) is 6.63. The molecule has 1 N–H and O–H groups in total. The van der Waals surface area contributed by atoms with Crippen LogP contribution in [0.15, 0.2) is 24.3 Å². The van der Waals surface area contributed by atoms with Gasteiger partial charge in [0, 0.05) is 12.6 Å². The van der Waals surface area contributed by atoms with Crippen LogP contribution in [0.2, 0.25) is 0 Å². The number of rotatable bonds is 7. The van der Waals surface area contributed by atoms with Gasteiger partial charge in [-0.1, -0.05) is 31.9 Å². The van der Waals surface area contributed by atoms with Gasteiger partial charge in [0.15, 0.2) is 0 Å². The van der Waals surface area contributed by atoms with Crippen molar-refractivity contribution in [2.24, 2.45) is 5.92 Å². The Labute approximate surface area is 142 Å². The van der Waals surface area contributed by atoms with Crippen LogP contribution in [0.3, 0.4) is 0 Å². The zero-order valence-corrected chi connectivity index (χ0v) is 14.3. The Balaban J connectivity index is 1.77. The Morgan fingerprint density at radius 1 is 1.29 bits per heavy atom. The van der Waals surface area contributed by atoms with Crippen molar-refractivity contribution in [2.75, 3.05) is 13.6 Å². The lowest BCUT2D eigenvalue weighted by Crippen LogP contribution is -2.44. The Morgan fingerprint density at radius 3 is 2.58 bits per heavy atom. The number of alkyl halides is 2. The normalized spacial score (nSPS) is 21.1. The summed E-state index contributed by atoms with van der Waals surface area (Å²) >= 11 is 0. The van der Waals surface area contributed by atoms with Gasteiger partial charge in [-0.05, 0) is 43.5 Å². The Bertz CT molecular complexity index is 522. The number of hydrogen-bond acceptors (Lipinski definition) is 3. The smallest absolute Gasteiger partial charge is 0.387 e. The number of nitrogens with one attached hydrogen (secondary N) is 1. The summed E-state index contributed by atoms with van der Waals surface area (Å²) in [5.41, 5.74) is 0.943. The van der Waals surface area contributed by atoms with E-state index in [1.165, 1.54) is 31.4 Å². The standard InChI is InChI=1S/C18H26F2N2O2/c1-13-5-3-4-6-16(13)21-17(23)12-22(2)11-14-7-9-15(10-8-14)24-18(19)20/h7-10,13,16,18H,3-6,11-12H2,1-2H3,(H,21,23)/t13-,16-/m0/s1. The van der Waals surface area contributed by atoms with Gasteiger partial charge in [0.1, 0.15) is 5.75 Å². The van der Waals surface area contributed by atoms with Gasteiger partial charge in [0.2, 0.25) is 5.91 Å². The summed E-state index contributed by atoms with van der Waals surface area (Å²) in [6, 6.07) is 6.77. The zero-order chi connectivity index (χ0) is 17.5. The van der Waals surface area contributed by atoms with Crippen LogP contribution in [0.1, 0.15) is 38.2 Å². The van der Waals surface area contributed by atoms with Gasteiger partial charge in [0.05, 0.1) is 6.54 Å². The highest BCUT2D eigenvalue weighted by Gasteiger charge is 2.23. The molecule has 134 valence electrons. The van der Waals surface area contributed by atoms with Crippen molar-refractivity contribution in [1.29, 1.82) is 0 Å². The number of carbonyl (C=O) groups excluding carboxylic acids is 1. The van der Waals surface area contributed by atoms with Crippen molar-refractivity contribution in [3.63, 3.8) is 0 Å². The molecule has 1 fully saturated rings. The molecular formula is C18H26F2N2O2. The van der Waals surface area contributed by atoms with Crippen LogP contribution in [-0.2, 0) is 11.3 Å². The number of amides is 1. The molecule has 0 saturated heterocycles. The maximum Gasteiger partial charge on any atom is 0.387 e. The SMILES string of the molecule is C[C@H]1CCCC[C@@H]1NC(=O)CN(C)Cc1ccc(OC(F)F)cc1. The quantitative estimate of drug-likeness (QED) is 0.827. The number of carbonyl (C=O) groups is 1. The summed E-state index contributed by atoms with van der Waals surface area (Å²) in [6.07, 6.45) is 4.66. The lowest BCUT2D eigenvalue weighted by Gasteiger charge is -2.30. The number of nitrogens with zero attached hydrogens (tertiary/aromatic N) is 1. The van der Waals surface area contributed by atoms with Crippen LogP contribution < -0.4 is 10.1 Å². The molecule has 1 aliphatic rings. The van der Waals surface area contributed by atoms with E-state index in [1.807, 2.05) is 11.9 Å². The summed E-state index contributed by atoms with van der Waals surface area (Å²) in [5, 5.41) is 3.13. The van der Waals surface area contributed by atoms with E-state index in [0.29, 0.717) is 19.0 Å². The van der Waals surface area contributed by atoms with E-state index in [-0.39, 0.29) is 17.7 Å². The van der Waals surface area contributed by atoms with Crippen molar-refractivity contribution < 1.29 is 18.3 Å². The molecule has 0 bridgehead atoms. The largest absolute Gasteiger partial charge is 0.435 e. The van der Waals surface area contributed by atoms with Crippen molar-refractivity contribution >= 4 is 5.91 Å². The number of hydrogen-bond donors (Lipinski definition) is 1. The molecule has 1 amide bonds. The highest BCUT2D eigenvalue weighted by atomic mass is 19.3. The second kappa shape index (κ2) is 8.97. The Hall–Kier alpha value is -1.69. The Morgan fingerprint density at radius 2 is 1.96 bits per heavy atom. The van der Waals surface area contributed by atoms with Crippen molar-refractivity contribution in [3.05, 3.63) is 29.8 Å². The van der Waals surface area contributed by atoms with Crippen LogP contribution >= 0.6 is 0 Å². The maximum absolute atomic E-state index is 12.2. The molecule has 0 aliphatic heterocycles. The van der Waals surface area contributed by atoms with E-state index in [1.54, 1.807) is 12.1 Å². The van der Waals surface area contributed by atoms with Crippen molar-refractivity contribution in [2.45, 2.75) is 51.8 Å². The second-order valence-corrected chi connectivity index (χ2v) is 6.63. The van der Waals surface area contributed by atoms with Gasteiger partial charge in [-0.15, -0.1) is 0 Å². The molecular weight excluding hydrogens is 314 g/mol. The van der Waals surface area contributed by atoms with Gasteiger partial charge in [-0.2, -0.15) is 8.78 Å². The first-order valence-corrected chi connectivity index (χ1v) is 8.45. The van der Waals surface area contributed by atoms with E-state index in [2.05, 4.69) is 17.0 Å². The first kappa shape index (κ1) is 18.6. The third-order valence-corrected chi connectivity index (χ3v) is 4.47. The fourth-order valence-electron chi connectivity index (χ4n) is 3.17. The average Bonchev–Trinajstić information content (AvgIpc) is 2.51. The van der Waals surface area contributed by atoms with Gasteiger partial charge in [-0.3, -0.25) is 9.69 Å². The topological polar surface area (TPSA) is 41.6 Å². The number of likely N-dealkylation sites (N-methyl/N-ethyl adjacent to an activating group) is 1. The Kier molecular flexibility index (Phi) is 6.97. The van der Waals surface area contributed by atoms with Gasteiger partial charge in [-0.25, -0.2) is 0 Å². The van der Waals surface area contributed by atoms with Crippen molar-refractivity contribution in [3.8, 4) is 5.75 Å². The minimum Gasteiger partial charge on any atom is -0.435 e. The van der Waals surface area contributed by atoms with Crippen LogP contribution in [-0.4, -0.2) is 37.1 Å². The van der Waals surface area contributed by atoms with E-state index in [0.717, 1.165) is 12.0 Å². The molecule has 0 unspecified atom stereocenters. The number of benzene rings is 1. The van der Waals surface area contributed by atoms with Gasteiger partial charge in [0.25, 0.3) is 0 Å². The minimum absolute atomic E-state index is 0.0360. The first-order valence-electron chi connectivity index (χ1n) is 8.45. The summed E-state index contributed by atoms with van der Waals surface area (Å²) < 4.78 is 28.6. The molecule has 2 rings (SSSR count). The van der Waals surface area contributed by atoms with Crippen LogP contribution in [0, 0.1) is 5.92 Å². The lowest BCUT2D eigenvalue weighted by atomic mass is 9.86. The molecule has 0 radical (unpaired) electrons. The molecule has 1 aliphatic carbocycles. The average molecular weight is 340 g/mol. The minimum atomic E-state index is -2.82. The van der Waals surface area contributed by atoms with Crippen LogP contribution in [0.4, 0.5) is 8.78 Å². The van der Waals surface area contributed by atoms with E-state index >= 15 is 0 Å². The molecule has 0 heterocycles. The van der Waals surface area contributed by atoms with Crippen LogP contribution in [0.5, 0.6) is 5.75 Å². The summed E-state index contributed by atoms with van der Waals surface area (Å²) in [6.45, 7) is 0.266. The summed E-state index contributed by atoms with van der Waals surface area (Å²) in [4.78, 5) is 14.1. The molecule has 1 aromatic rings. The number of halogens is 2. The molecule has 24 heavy (non-hydrogen) atoms. The predicted octanol–water partition coefficient (Wildman–Crippen LogP) is 3.41. The summed E-state index contributed by atoms with van der Waals surface area (Å²) in [5.74, 6) is 0.713. The van der Waals surface area contributed by atoms with Gasteiger partial charge >= 0.3 is 6.61 Å². The molecule has 1 saturated carbocycles. The molecule has 0 aromatic heterocycles. The van der Waals surface area contributed by atoms with E-state index in [9.17, 15) is 13.6 Å². The lowest BCUT2D eigenvalue weighted by molar-refractivity contribution is -0.123. The molecule has 1 aromatic carbocycles. The third-order valence-electron chi connectivity index (χ3n) is 4.47. The molecule has 4 nitrogen and oxygen atoms in total. The highest BCUT2D eigenvalue weighted by molar-refractivity contribution is 5.78. The van der Waals surface area contributed by atoms with Crippen molar-refractivity contribution in [1.82, 2.24) is 10.2 Å². The number of ether oxygens (including phenoxy) is 1. The van der Waals surface area contributed by atoms with E-state index < -0.39 is 6.61 Å².